The van der Waals surface area contributed by atoms with E-state index in [1.165, 1.54) is 31.0 Å². The Balaban J connectivity index is 3.41. The van der Waals surface area contributed by atoms with Crippen molar-refractivity contribution >= 4 is 28.9 Å². The summed E-state index contributed by atoms with van der Waals surface area (Å²) < 4.78 is 0. The number of aryl methyl sites for hydroxylation is 1. The van der Waals surface area contributed by atoms with Crippen LogP contribution in [0.25, 0.3) is 0 Å². The van der Waals surface area contributed by atoms with E-state index in [-0.39, 0.29) is 17.3 Å². The predicted octanol–water partition coefficient (Wildman–Crippen LogP) is 2.54. The number of nitro benzene ring substituents is 1. The fourth-order valence-corrected chi connectivity index (χ4v) is 1.40. The summed E-state index contributed by atoms with van der Waals surface area (Å²) in [6.45, 7) is 3.00. The van der Waals surface area contributed by atoms with Gasteiger partial charge in [-0.05, 0) is 18.6 Å². The van der Waals surface area contributed by atoms with E-state index < -0.39 is 4.92 Å². The van der Waals surface area contributed by atoms with Crippen LogP contribution in [0.4, 0.5) is 11.4 Å². The average Bonchev–Trinajstić information content (AvgIpc) is 2.19. The molecule has 0 spiro atoms. The van der Waals surface area contributed by atoms with E-state index in [0.29, 0.717) is 10.6 Å². The molecule has 1 amide bonds. The Morgan fingerprint density at radius 2 is 2.06 bits per heavy atom. The molecular formula is C10H11ClN2O3. The highest BCUT2D eigenvalue weighted by Crippen LogP contribution is 2.32. The molecule has 0 unspecified atom stereocenters. The minimum absolute atomic E-state index is 0.125. The zero-order chi connectivity index (χ0) is 12.5. The van der Waals surface area contributed by atoms with Crippen LogP contribution in [0.2, 0.25) is 5.02 Å². The molecule has 0 saturated carbocycles. The first-order chi connectivity index (χ1) is 7.34. The molecule has 0 heterocycles. The molecule has 0 saturated heterocycles. The molecule has 0 aliphatic heterocycles. The number of hydrogen-bond donors (Lipinski definition) is 0. The van der Waals surface area contributed by atoms with Gasteiger partial charge in [-0.3, -0.25) is 14.9 Å². The number of carbonyl (C=O) groups is 1. The van der Waals surface area contributed by atoms with Crippen LogP contribution < -0.4 is 4.90 Å². The number of halogens is 1. The van der Waals surface area contributed by atoms with Crippen molar-refractivity contribution in [1.82, 2.24) is 0 Å². The van der Waals surface area contributed by atoms with Crippen LogP contribution in [0.15, 0.2) is 12.1 Å². The predicted molar refractivity (Wildman–Crippen MR) is 61.9 cm³/mol. The van der Waals surface area contributed by atoms with Gasteiger partial charge in [-0.1, -0.05) is 11.6 Å². The second-order valence-electron chi connectivity index (χ2n) is 3.43. The molecule has 86 valence electrons. The molecule has 0 aliphatic rings. The topological polar surface area (TPSA) is 63.5 Å². The molecule has 1 aromatic carbocycles. The van der Waals surface area contributed by atoms with E-state index in [1.807, 2.05) is 0 Å². The van der Waals surface area contributed by atoms with Gasteiger partial charge in [-0.2, -0.15) is 0 Å². The van der Waals surface area contributed by atoms with Gasteiger partial charge in [-0.25, -0.2) is 0 Å². The van der Waals surface area contributed by atoms with Gasteiger partial charge in [0.05, 0.1) is 4.92 Å². The summed E-state index contributed by atoms with van der Waals surface area (Å²) in [5, 5.41) is 11.2. The molecule has 0 N–H and O–H groups in total. The summed E-state index contributed by atoms with van der Waals surface area (Å²) in [7, 11) is 1.47. The van der Waals surface area contributed by atoms with Crippen LogP contribution in [0.3, 0.4) is 0 Å². The monoisotopic (exact) mass is 242 g/mol. The number of benzene rings is 1. The zero-order valence-electron chi connectivity index (χ0n) is 9.15. The van der Waals surface area contributed by atoms with Gasteiger partial charge in [0.15, 0.2) is 0 Å². The lowest BCUT2D eigenvalue weighted by molar-refractivity contribution is -0.384. The Hall–Kier alpha value is -1.62. The summed E-state index contributed by atoms with van der Waals surface area (Å²) in [6.07, 6.45) is 0. The molecule has 0 fully saturated rings. The molecular weight excluding hydrogens is 232 g/mol. The van der Waals surface area contributed by atoms with Gasteiger partial charge in [0.25, 0.3) is 5.69 Å². The van der Waals surface area contributed by atoms with Crippen molar-refractivity contribution in [2.75, 3.05) is 11.9 Å². The number of nitrogens with zero attached hydrogens (tertiary/aromatic N) is 2. The van der Waals surface area contributed by atoms with Crippen LogP contribution in [-0.4, -0.2) is 17.9 Å². The number of nitro groups is 1. The van der Waals surface area contributed by atoms with Gasteiger partial charge in [0.1, 0.15) is 5.69 Å². The summed E-state index contributed by atoms with van der Waals surface area (Å²) in [5.41, 5.74) is 0.682. The number of amides is 1. The maximum atomic E-state index is 11.2. The number of rotatable bonds is 2. The van der Waals surface area contributed by atoms with Crippen molar-refractivity contribution in [2.24, 2.45) is 0 Å². The first kappa shape index (κ1) is 12.4. The van der Waals surface area contributed by atoms with E-state index in [9.17, 15) is 14.9 Å². The van der Waals surface area contributed by atoms with E-state index >= 15 is 0 Å². The summed E-state index contributed by atoms with van der Waals surface area (Å²) in [5.74, 6) is -0.289. The van der Waals surface area contributed by atoms with Crippen molar-refractivity contribution in [2.45, 2.75) is 13.8 Å². The Kier molecular flexibility index (Phi) is 3.49. The third kappa shape index (κ3) is 2.30. The van der Waals surface area contributed by atoms with Crippen molar-refractivity contribution in [3.05, 3.63) is 32.8 Å². The molecule has 16 heavy (non-hydrogen) atoms. The molecule has 1 aromatic rings. The van der Waals surface area contributed by atoms with Crippen LogP contribution >= 0.6 is 11.6 Å². The van der Waals surface area contributed by atoms with Gasteiger partial charge in [-0.15, -0.1) is 0 Å². The molecule has 1 rings (SSSR count). The van der Waals surface area contributed by atoms with Crippen LogP contribution in [-0.2, 0) is 4.79 Å². The lowest BCUT2D eigenvalue weighted by Gasteiger charge is -2.15. The van der Waals surface area contributed by atoms with Crippen molar-refractivity contribution in [3.63, 3.8) is 0 Å². The normalized spacial score (nSPS) is 10.0. The van der Waals surface area contributed by atoms with E-state index in [1.54, 1.807) is 6.92 Å². The third-order valence-corrected chi connectivity index (χ3v) is 2.69. The second-order valence-corrected chi connectivity index (χ2v) is 3.83. The van der Waals surface area contributed by atoms with Crippen molar-refractivity contribution < 1.29 is 9.72 Å². The quantitative estimate of drug-likeness (QED) is 0.591. The number of carbonyl (C=O) groups excluding carboxylic acids is 1. The first-order valence-electron chi connectivity index (χ1n) is 4.53. The Morgan fingerprint density at radius 1 is 1.50 bits per heavy atom. The molecule has 0 aliphatic carbocycles. The maximum Gasteiger partial charge on any atom is 0.293 e. The zero-order valence-corrected chi connectivity index (χ0v) is 9.91. The number of hydrogen-bond acceptors (Lipinski definition) is 3. The van der Waals surface area contributed by atoms with Gasteiger partial charge >= 0.3 is 0 Å². The number of anilines is 1. The highest BCUT2D eigenvalue weighted by atomic mass is 35.5. The minimum Gasteiger partial charge on any atom is -0.310 e. The van der Waals surface area contributed by atoms with E-state index in [4.69, 9.17) is 11.6 Å². The summed E-state index contributed by atoms with van der Waals surface area (Å²) in [6, 6.07) is 2.79. The lowest BCUT2D eigenvalue weighted by Crippen LogP contribution is -2.23. The Bertz CT molecular complexity index is 460. The van der Waals surface area contributed by atoms with Crippen LogP contribution in [0, 0.1) is 17.0 Å². The van der Waals surface area contributed by atoms with Gasteiger partial charge in [0, 0.05) is 25.1 Å². The van der Waals surface area contributed by atoms with E-state index in [0.717, 1.165) is 0 Å². The average molecular weight is 243 g/mol. The molecule has 0 atom stereocenters. The standard InChI is InChI=1S/C10H11ClN2O3/c1-6-4-10(13(15)16)9(5-8(6)11)12(3)7(2)14/h4-5H,1-3H3. The molecule has 0 aromatic heterocycles. The van der Waals surface area contributed by atoms with Crippen LogP contribution in [0.5, 0.6) is 0 Å². The summed E-state index contributed by atoms with van der Waals surface area (Å²) in [4.78, 5) is 22.7. The van der Waals surface area contributed by atoms with Gasteiger partial charge in [0.2, 0.25) is 5.91 Å². The summed E-state index contributed by atoms with van der Waals surface area (Å²) >= 11 is 5.88. The fourth-order valence-electron chi connectivity index (χ4n) is 1.24. The van der Waals surface area contributed by atoms with Crippen LogP contribution in [0.1, 0.15) is 12.5 Å². The van der Waals surface area contributed by atoms with Crippen molar-refractivity contribution in [3.8, 4) is 0 Å². The van der Waals surface area contributed by atoms with Gasteiger partial charge < -0.3 is 4.90 Å². The first-order valence-corrected chi connectivity index (χ1v) is 4.91. The SMILES string of the molecule is CC(=O)N(C)c1cc(Cl)c(C)cc1[N+](=O)[O-]. The molecule has 0 radical (unpaired) electrons. The van der Waals surface area contributed by atoms with E-state index in [2.05, 4.69) is 0 Å². The molecule has 6 heteroatoms. The molecule has 0 bridgehead atoms. The minimum atomic E-state index is -0.530. The smallest absolute Gasteiger partial charge is 0.293 e. The van der Waals surface area contributed by atoms with Crippen molar-refractivity contribution in [1.29, 1.82) is 0 Å². The highest BCUT2D eigenvalue weighted by molar-refractivity contribution is 6.31. The second kappa shape index (κ2) is 4.49. The maximum absolute atomic E-state index is 11.2. The lowest BCUT2D eigenvalue weighted by atomic mass is 10.2. The Morgan fingerprint density at radius 3 is 2.50 bits per heavy atom. The highest BCUT2D eigenvalue weighted by Gasteiger charge is 2.21. The molecule has 5 nitrogen and oxygen atoms in total. The largest absolute Gasteiger partial charge is 0.310 e. The Labute approximate surface area is 97.8 Å². The fraction of sp³-hybridized carbons (Fsp3) is 0.300. The third-order valence-electron chi connectivity index (χ3n) is 2.29.